The van der Waals surface area contributed by atoms with Crippen LogP contribution in [0.5, 0.6) is 0 Å². The fourth-order valence-electron chi connectivity index (χ4n) is 2.72. The number of nitrogens with one attached hydrogen (secondary N) is 1. The molecule has 0 radical (unpaired) electrons. The van der Waals surface area contributed by atoms with E-state index in [2.05, 4.69) is 25.5 Å². The van der Waals surface area contributed by atoms with Crippen LogP contribution in [0.3, 0.4) is 0 Å². The molecule has 0 fully saturated rings. The lowest BCUT2D eigenvalue weighted by Crippen LogP contribution is -2.23. The van der Waals surface area contributed by atoms with Crippen molar-refractivity contribution < 1.29 is 4.79 Å². The summed E-state index contributed by atoms with van der Waals surface area (Å²) in [5.41, 5.74) is 2.10. The summed E-state index contributed by atoms with van der Waals surface area (Å²) in [6.45, 7) is 2.26. The summed E-state index contributed by atoms with van der Waals surface area (Å²) in [5.74, 6) is 1.14. The number of nitrogens with zero attached hydrogens (tertiary/aromatic N) is 5. The largest absolute Gasteiger partial charge is 0.345 e. The Morgan fingerprint density at radius 1 is 1.23 bits per heavy atom. The van der Waals surface area contributed by atoms with E-state index < -0.39 is 0 Å². The molecule has 7 nitrogen and oxygen atoms in total. The zero-order valence-electron chi connectivity index (χ0n) is 15.9. The predicted molar refractivity (Wildman–Crippen MR) is 118 cm³/mol. The second kappa shape index (κ2) is 9.38. The van der Waals surface area contributed by atoms with Crippen molar-refractivity contribution in [2.24, 2.45) is 0 Å². The molecule has 3 aromatic heterocycles. The number of carbonyl (C=O) groups excluding carboxylic acids is 1. The van der Waals surface area contributed by atoms with E-state index in [0.717, 1.165) is 27.4 Å². The molecule has 1 amide bonds. The average Bonchev–Trinajstić information content (AvgIpc) is 3.38. The molecule has 0 aliphatic heterocycles. The molecule has 0 aliphatic carbocycles. The molecule has 0 aliphatic rings. The van der Waals surface area contributed by atoms with Crippen LogP contribution in [0, 0.1) is 6.92 Å². The minimum absolute atomic E-state index is 0.217. The van der Waals surface area contributed by atoms with Crippen LogP contribution < -0.4 is 5.32 Å². The van der Waals surface area contributed by atoms with Gasteiger partial charge in [0, 0.05) is 16.6 Å². The van der Waals surface area contributed by atoms with Crippen molar-refractivity contribution in [1.82, 2.24) is 30.0 Å². The summed E-state index contributed by atoms with van der Waals surface area (Å²) in [6.07, 6.45) is 1.70. The van der Waals surface area contributed by atoms with E-state index in [9.17, 15) is 4.79 Å². The molecular weight excluding hydrogens is 440 g/mol. The lowest BCUT2D eigenvalue weighted by atomic mass is 10.3. The van der Waals surface area contributed by atoms with Gasteiger partial charge in [-0.3, -0.25) is 14.3 Å². The van der Waals surface area contributed by atoms with Gasteiger partial charge in [-0.05, 0) is 37.3 Å². The molecule has 30 heavy (non-hydrogen) atoms. The van der Waals surface area contributed by atoms with Crippen LogP contribution in [0.1, 0.15) is 27.0 Å². The van der Waals surface area contributed by atoms with Crippen molar-refractivity contribution in [2.45, 2.75) is 24.4 Å². The molecule has 4 rings (SSSR count). The van der Waals surface area contributed by atoms with Gasteiger partial charge in [-0.25, -0.2) is 4.98 Å². The number of pyridine rings is 1. The molecule has 0 unspecified atom stereocenters. The number of hydrogen-bond acceptors (Lipinski definition) is 7. The first-order valence-electron chi connectivity index (χ1n) is 9.03. The maximum absolute atomic E-state index is 12.3. The van der Waals surface area contributed by atoms with Crippen LogP contribution in [0.2, 0.25) is 5.02 Å². The maximum atomic E-state index is 12.3. The monoisotopic (exact) mass is 456 g/mol. The Hall–Kier alpha value is -2.75. The fourth-order valence-corrected chi connectivity index (χ4v) is 4.69. The first-order valence-corrected chi connectivity index (χ1v) is 11.3. The van der Waals surface area contributed by atoms with Gasteiger partial charge in [0.2, 0.25) is 0 Å². The summed E-state index contributed by atoms with van der Waals surface area (Å²) < 4.78 is 1.95. The Kier molecular flexibility index (Phi) is 6.41. The minimum Gasteiger partial charge on any atom is -0.345 e. The van der Waals surface area contributed by atoms with Crippen molar-refractivity contribution in [3.63, 3.8) is 0 Å². The number of carbonyl (C=O) groups is 1. The number of aryl methyl sites for hydroxylation is 1. The quantitative estimate of drug-likeness (QED) is 0.417. The smallest absolute Gasteiger partial charge is 0.271 e. The SMILES string of the molecule is Cc1nnc(SCc2nc(C(=O)NCc3ccccn3)cs2)n1-c1cccc(Cl)c1. The molecule has 4 aromatic rings. The molecule has 0 bridgehead atoms. The molecule has 1 N–H and O–H groups in total. The van der Waals surface area contributed by atoms with Crippen LogP contribution in [0.25, 0.3) is 5.69 Å². The number of aromatic nitrogens is 5. The molecule has 1 aromatic carbocycles. The molecule has 0 saturated heterocycles. The highest BCUT2D eigenvalue weighted by Gasteiger charge is 2.15. The molecule has 0 atom stereocenters. The van der Waals surface area contributed by atoms with Crippen LogP contribution in [0.15, 0.2) is 59.2 Å². The Morgan fingerprint density at radius 2 is 2.13 bits per heavy atom. The van der Waals surface area contributed by atoms with Crippen molar-refractivity contribution in [3.05, 3.63) is 81.3 Å². The maximum Gasteiger partial charge on any atom is 0.271 e. The third-order valence-electron chi connectivity index (χ3n) is 4.13. The summed E-state index contributed by atoms with van der Waals surface area (Å²) in [5, 5.41) is 15.3. The van der Waals surface area contributed by atoms with E-state index in [1.165, 1.54) is 23.1 Å². The molecule has 0 saturated carbocycles. The van der Waals surface area contributed by atoms with Gasteiger partial charge >= 0.3 is 0 Å². The van der Waals surface area contributed by atoms with Gasteiger partial charge in [-0.2, -0.15) is 0 Å². The van der Waals surface area contributed by atoms with Gasteiger partial charge in [-0.15, -0.1) is 21.5 Å². The highest BCUT2D eigenvalue weighted by molar-refractivity contribution is 7.98. The van der Waals surface area contributed by atoms with E-state index in [1.54, 1.807) is 11.6 Å². The van der Waals surface area contributed by atoms with Crippen LogP contribution in [-0.2, 0) is 12.3 Å². The predicted octanol–water partition coefficient (Wildman–Crippen LogP) is 4.30. The number of thioether (sulfide) groups is 1. The Bertz CT molecular complexity index is 1160. The highest BCUT2D eigenvalue weighted by Crippen LogP contribution is 2.27. The molecule has 10 heteroatoms. The molecule has 152 valence electrons. The third kappa shape index (κ3) is 4.86. The number of rotatable bonds is 7. The zero-order chi connectivity index (χ0) is 20.9. The van der Waals surface area contributed by atoms with Crippen LogP contribution in [-0.4, -0.2) is 30.6 Å². The first-order chi connectivity index (χ1) is 14.6. The fraction of sp³-hybridized carbons (Fsp3) is 0.150. The van der Waals surface area contributed by atoms with Gasteiger partial charge in [0.1, 0.15) is 16.5 Å². The number of thiazole rings is 1. The van der Waals surface area contributed by atoms with Gasteiger partial charge in [0.25, 0.3) is 5.91 Å². The first kappa shape index (κ1) is 20.5. The highest BCUT2D eigenvalue weighted by atomic mass is 35.5. The lowest BCUT2D eigenvalue weighted by Gasteiger charge is -2.08. The second-order valence-corrected chi connectivity index (χ2v) is 8.59. The standard InChI is InChI=1S/C20H17ClN6OS2/c1-13-25-26-20(27(13)16-7-4-5-14(21)9-16)30-12-18-24-17(11-29-18)19(28)23-10-15-6-2-3-8-22-15/h2-9,11H,10,12H2,1H3,(H,23,28). The van der Waals surface area contributed by atoms with Crippen molar-refractivity contribution in [1.29, 1.82) is 0 Å². The number of amides is 1. The van der Waals surface area contributed by atoms with E-state index in [1.807, 2.05) is 54.0 Å². The van der Waals surface area contributed by atoms with Gasteiger partial charge in [0.15, 0.2) is 5.16 Å². The van der Waals surface area contributed by atoms with E-state index in [0.29, 0.717) is 23.0 Å². The van der Waals surface area contributed by atoms with Gasteiger partial charge in [-0.1, -0.05) is 35.5 Å². The third-order valence-corrected chi connectivity index (χ3v) is 6.33. The molecular formula is C20H17ClN6OS2. The topological polar surface area (TPSA) is 85.6 Å². The Labute approximate surface area is 186 Å². The van der Waals surface area contributed by atoms with E-state index in [-0.39, 0.29) is 5.91 Å². The lowest BCUT2D eigenvalue weighted by molar-refractivity contribution is 0.0946. The summed E-state index contributed by atoms with van der Waals surface area (Å²) >= 11 is 9.08. The van der Waals surface area contributed by atoms with Gasteiger partial charge in [0.05, 0.1) is 23.7 Å². The van der Waals surface area contributed by atoms with E-state index in [4.69, 9.17) is 11.6 Å². The number of hydrogen-bond donors (Lipinski definition) is 1. The van der Waals surface area contributed by atoms with Crippen molar-refractivity contribution in [3.8, 4) is 5.69 Å². The van der Waals surface area contributed by atoms with Crippen molar-refractivity contribution >= 4 is 40.6 Å². The molecule has 0 spiro atoms. The summed E-state index contributed by atoms with van der Waals surface area (Å²) in [6, 6.07) is 13.1. The second-order valence-electron chi connectivity index (χ2n) is 6.26. The molecule has 3 heterocycles. The van der Waals surface area contributed by atoms with Crippen molar-refractivity contribution in [2.75, 3.05) is 0 Å². The van der Waals surface area contributed by atoms with E-state index >= 15 is 0 Å². The zero-order valence-corrected chi connectivity index (χ0v) is 18.3. The Morgan fingerprint density at radius 3 is 2.93 bits per heavy atom. The van der Waals surface area contributed by atoms with Crippen LogP contribution in [0.4, 0.5) is 0 Å². The van der Waals surface area contributed by atoms with Gasteiger partial charge < -0.3 is 5.32 Å². The summed E-state index contributed by atoms with van der Waals surface area (Å²) in [4.78, 5) is 21.0. The Balaban J connectivity index is 1.40. The number of halogens is 1. The number of benzene rings is 1. The van der Waals surface area contributed by atoms with Crippen LogP contribution >= 0.6 is 34.7 Å². The normalized spacial score (nSPS) is 10.9. The minimum atomic E-state index is -0.217. The summed E-state index contributed by atoms with van der Waals surface area (Å²) in [7, 11) is 0. The average molecular weight is 457 g/mol.